The molecule has 0 saturated carbocycles. The predicted octanol–water partition coefficient (Wildman–Crippen LogP) is 4.01. The first-order valence-corrected chi connectivity index (χ1v) is 9.92. The molecule has 9 heteroatoms. The molecule has 1 aliphatic heterocycles. The Kier molecular flexibility index (Phi) is 7.39. The van der Waals surface area contributed by atoms with E-state index in [1.54, 1.807) is 20.8 Å². The summed E-state index contributed by atoms with van der Waals surface area (Å²) in [4.78, 5) is 17.6. The smallest absolute Gasteiger partial charge is 0.408 e. The fourth-order valence-electron chi connectivity index (χ4n) is 3.91. The molecule has 1 heterocycles. The Morgan fingerprint density at radius 3 is 2.37 bits per heavy atom. The highest BCUT2D eigenvalue weighted by atomic mass is 19.4. The van der Waals surface area contributed by atoms with Gasteiger partial charge in [0.2, 0.25) is 0 Å². The standard InChI is InChI=1S/C21H30F3N3O3/c1-13-16(14-8-6-5-7-9-14)10-17(27(19(29)30)20(2,3)4)18(26-13)25-12-15(28)11-21(22,23)24/h5-9,13,15-17,28H,10-12H2,1-4H3,(H,25,26)(H,29,30)/t13-,15?,16-,17+/m1/s1. The molecule has 1 amide bonds. The summed E-state index contributed by atoms with van der Waals surface area (Å²) in [7, 11) is 0. The van der Waals surface area contributed by atoms with Crippen molar-refractivity contribution in [1.82, 2.24) is 10.2 Å². The van der Waals surface area contributed by atoms with Crippen molar-refractivity contribution < 1.29 is 28.2 Å². The van der Waals surface area contributed by atoms with Gasteiger partial charge in [0.25, 0.3) is 0 Å². The van der Waals surface area contributed by atoms with E-state index in [4.69, 9.17) is 0 Å². The number of nitrogens with zero attached hydrogens (tertiary/aromatic N) is 2. The van der Waals surface area contributed by atoms with Gasteiger partial charge in [0.1, 0.15) is 5.84 Å². The molecule has 30 heavy (non-hydrogen) atoms. The van der Waals surface area contributed by atoms with Crippen LogP contribution in [0.25, 0.3) is 0 Å². The maximum atomic E-state index is 12.5. The lowest BCUT2D eigenvalue weighted by Gasteiger charge is -2.46. The fourth-order valence-corrected chi connectivity index (χ4v) is 3.91. The Labute approximate surface area is 174 Å². The molecule has 1 unspecified atom stereocenters. The number of piperidine rings is 1. The highest BCUT2D eigenvalue weighted by Crippen LogP contribution is 2.33. The normalized spacial score (nSPS) is 24.9. The molecule has 3 N–H and O–H groups in total. The Bertz CT molecular complexity index is 747. The number of rotatable bonds is 5. The number of amidine groups is 1. The number of aliphatic imine (C=N–C) groups is 1. The minimum Gasteiger partial charge on any atom is -0.465 e. The molecule has 1 saturated heterocycles. The maximum absolute atomic E-state index is 12.5. The van der Waals surface area contributed by atoms with Gasteiger partial charge in [0.05, 0.1) is 25.1 Å². The second-order valence-electron chi connectivity index (χ2n) is 8.72. The number of benzene rings is 1. The van der Waals surface area contributed by atoms with Crippen molar-refractivity contribution in [1.29, 1.82) is 0 Å². The van der Waals surface area contributed by atoms with Crippen molar-refractivity contribution in [2.75, 3.05) is 6.54 Å². The van der Waals surface area contributed by atoms with Crippen LogP contribution in [0.1, 0.15) is 52.0 Å². The van der Waals surface area contributed by atoms with Crippen LogP contribution in [0.15, 0.2) is 35.3 Å². The first-order chi connectivity index (χ1) is 13.8. The highest BCUT2D eigenvalue weighted by Gasteiger charge is 2.42. The first kappa shape index (κ1) is 24.0. The number of nitrogens with one attached hydrogen (secondary N) is 1. The van der Waals surface area contributed by atoms with Crippen molar-refractivity contribution in [2.45, 2.75) is 76.4 Å². The first-order valence-electron chi connectivity index (χ1n) is 9.92. The quantitative estimate of drug-likeness (QED) is 0.660. The predicted molar refractivity (Wildman–Crippen MR) is 109 cm³/mol. The summed E-state index contributed by atoms with van der Waals surface area (Å²) in [6.45, 7) is 6.74. The van der Waals surface area contributed by atoms with E-state index in [1.807, 2.05) is 37.3 Å². The van der Waals surface area contributed by atoms with Gasteiger partial charge in [-0.15, -0.1) is 0 Å². The zero-order valence-corrected chi connectivity index (χ0v) is 17.6. The molecule has 4 atom stereocenters. The molecular formula is C21H30F3N3O3. The lowest BCUT2D eigenvalue weighted by Crippen LogP contribution is -2.62. The molecule has 0 bridgehead atoms. The summed E-state index contributed by atoms with van der Waals surface area (Å²) in [6, 6.07) is 8.86. The summed E-state index contributed by atoms with van der Waals surface area (Å²) < 4.78 is 37.6. The van der Waals surface area contributed by atoms with Gasteiger partial charge in [0, 0.05) is 17.5 Å². The molecule has 6 nitrogen and oxygen atoms in total. The molecule has 0 aliphatic carbocycles. The van der Waals surface area contributed by atoms with Crippen molar-refractivity contribution in [3.63, 3.8) is 0 Å². The largest absolute Gasteiger partial charge is 0.465 e. The van der Waals surface area contributed by atoms with Gasteiger partial charge < -0.3 is 15.5 Å². The van der Waals surface area contributed by atoms with Gasteiger partial charge in [0.15, 0.2) is 0 Å². The van der Waals surface area contributed by atoms with Crippen molar-refractivity contribution >= 4 is 11.9 Å². The Morgan fingerprint density at radius 2 is 1.87 bits per heavy atom. The van der Waals surface area contributed by atoms with E-state index in [-0.39, 0.29) is 17.8 Å². The molecule has 1 fully saturated rings. The van der Waals surface area contributed by atoms with Crippen LogP contribution in [0.5, 0.6) is 0 Å². The number of carboxylic acid groups (broad SMARTS) is 1. The van der Waals surface area contributed by atoms with E-state index in [0.29, 0.717) is 6.42 Å². The van der Waals surface area contributed by atoms with Gasteiger partial charge in [-0.25, -0.2) is 4.79 Å². The van der Waals surface area contributed by atoms with E-state index >= 15 is 0 Å². The Hall–Kier alpha value is -2.29. The van der Waals surface area contributed by atoms with Crippen LogP contribution < -0.4 is 5.32 Å². The minimum atomic E-state index is -4.50. The summed E-state index contributed by atoms with van der Waals surface area (Å²) in [5.74, 6) is 0.271. The third kappa shape index (κ3) is 6.35. The van der Waals surface area contributed by atoms with Gasteiger partial charge in [-0.1, -0.05) is 30.3 Å². The van der Waals surface area contributed by atoms with Crippen molar-refractivity contribution in [3.05, 3.63) is 35.9 Å². The lowest BCUT2D eigenvalue weighted by molar-refractivity contribution is -0.152. The summed E-state index contributed by atoms with van der Waals surface area (Å²) >= 11 is 0. The average molecular weight is 429 g/mol. The lowest BCUT2D eigenvalue weighted by atomic mass is 9.81. The fraction of sp³-hybridized carbons (Fsp3) is 0.619. The third-order valence-corrected chi connectivity index (χ3v) is 5.18. The maximum Gasteiger partial charge on any atom is 0.408 e. The number of carbonyl (C=O) groups is 1. The molecule has 0 spiro atoms. The number of aliphatic hydroxyl groups excluding tert-OH is 1. The number of hydrogen-bond acceptors (Lipinski definition) is 3. The highest BCUT2D eigenvalue weighted by molar-refractivity contribution is 5.91. The van der Waals surface area contributed by atoms with E-state index < -0.39 is 42.9 Å². The molecule has 1 aliphatic rings. The minimum absolute atomic E-state index is 0.0144. The zero-order valence-electron chi connectivity index (χ0n) is 17.6. The molecule has 1 aromatic carbocycles. The number of alkyl halides is 3. The number of aliphatic hydroxyl groups is 1. The number of amides is 1. The topological polar surface area (TPSA) is 85.2 Å². The second kappa shape index (κ2) is 9.24. The molecule has 0 radical (unpaired) electrons. The van der Waals surface area contributed by atoms with Crippen LogP contribution >= 0.6 is 0 Å². The van der Waals surface area contributed by atoms with Crippen LogP contribution in [0.3, 0.4) is 0 Å². The number of hydrogen-bond donors (Lipinski definition) is 3. The van der Waals surface area contributed by atoms with Crippen LogP contribution in [0.4, 0.5) is 18.0 Å². The molecule has 0 aromatic heterocycles. The third-order valence-electron chi connectivity index (χ3n) is 5.18. The second-order valence-corrected chi connectivity index (χ2v) is 8.72. The van der Waals surface area contributed by atoms with Crippen molar-refractivity contribution in [2.24, 2.45) is 4.99 Å². The molecule has 168 valence electrons. The Morgan fingerprint density at radius 1 is 1.27 bits per heavy atom. The van der Waals surface area contributed by atoms with Gasteiger partial charge in [-0.2, -0.15) is 13.2 Å². The van der Waals surface area contributed by atoms with Crippen LogP contribution in [-0.2, 0) is 0 Å². The average Bonchev–Trinajstić information content (AvgIpc) is 2.59. The van der Waals surface area contributed by atoms with E-state index in [0.717, 1.165) is 5.56 Å². The van der Waals surface area contributed by atoms with Gasteiger partial charge in [-0.3, -0.25) is 9.89 Å². The van der Waals surface area contributed by atoms with Crippen LogP contribution in [0.2, 0.25) is 0 Å². The van der Waals surface area contributed by atoms with Crippen molar-refractivity contribution in [3.8, 4) is 0 Å². The van der Waals surface area contributed by atoms with E-state index in [1.165, 1.54) is 4.90 Å². The Balaban J connectivity index is 2.36. The monoisotopic (exact) mass is 429 g/mol. The van der Waals surface area contributed by atoms with E-state index in [9.17, 15) is 28.2 Å². The molecule has 2 rings (SSSR count). The van der Waals surface area contributed by atoms with Crippen LogP contribution in [0, 0.1) is 0 Å². The summed E-state index contributed by atoms with van der Waals surface area (Å²) in [5.41, 5.74) is 0.281. The van der Waals surface area contributed by atoms with Crippen LogP contribution in [-0.4, -0.2) is 63.5 Å². The molecular weight excluding hydrogens is 399 g/mol. The van der Waals surface area contributed by atoms with Gasteiger partial charge in [-0.05, 0) is 39.7 Å². The van der Waals surface area contributed by atoms with E-state index in [2.05, 4.69) is 10.3 Å². The summed E-state index contributed by atoms with van der Waals surface area (Å²) in [6.07, 6.45) is -8.26. The molecule has 1 aromatic rings. The zero-order chi connectivity index (χ0) is 22.7. The number of halogens is 3. The SMILES string of the molecule is C[C@H]1NC(=NCC(O)CC(F)(F)F)[C@@H](N(C(=O)O)C(C)(C)C)C[C@H]1c1ccccc1. The summed E-state index contributed by atoms with van der Waals surface area (Å²) in [5, 5.41) is 22.8. The van der Waals surface area contributed by atoms with Gasteiger partial charge >= 0.3 is 12.3 Å².